The van der Waals surface area contributed by atoms with Crippen LogP contribution in [0.3, 0.4) is 0 Å². The number of pyridine rings is 1. The molecule has 7 nitrogen and oxygen atoms in total. The normalized spacial score (nSPS) is 11.3. The average molecular weight is 369 g/mol. The van der Waals surface area contributed by atoms with Crippen molar-refractivity contribution in [3.8, 4) is 0 Å². The zero-order valence-corrected chi connectivity index (χ0v) is 14.9. The molecule has 1 aromatic carbocycles. The fraction of sp³-hybridized carbons (Fsp3) is 0.222. The highest BCUT2D eigenvalue weighted by molar-refractivity contribution is 6.31. The molecule has 4 aromatic rings. The van der Waals surface area contributed by atoms with Gasteiger partial charge in [-0.3, -0.25) is 14.5 Å². The second-order valence-corrected chi connectivity index (χ2v) is 6.54. The first-order valence-corrected chi connectivity index (χ1v) is 8.68. The molecule has 8 heteroatoms. The fourth-order valence-corrected chi connectivity index (χ4v) is 3.04. The van der Waals surface area contributed by atoms with Crippen LogP contribution in [0.4, 0.5) is 0 Å². The number of carbonyl (C=O) groups excluding carboxylic acids is 1. The lowest BCUT2D eigenvalue weighted by Gasteiger charge is -2.05. The van der Waals surface area contributed by atoms with E-state index in [9.17, 15) is 4.79 Å². The summed E-state index contributed by atoms with van der Waals surface area (Å²) in [5, 5.41) is 7.73. The quantitative estimate of drug-likeness (QED) is 0.530. The van der Waals surface area contributed by atoms with Crippen molar-refractivity contribution in [2.45, 2.75) is 12.8 Å². The van der Waals surface area contributed by atoms with Gasteiger partial charge in [-0.1, -0.05) is 11.6 Å². The number of nitrogens with zero attached hydrogens (tertiary/aromatic N) is 4. The summed E-state index contributed by atoms with van der Waals surface area (Å²) >= 11 is 5.98. The Bertz CT molecular complexity index is 1100. The Morgan fingerprint density at radius 2 is 2.15 bits per heavy atom. The molecule has 132 valence electrons. The molecule has 0 radical (unpaired) electrons. The van der Waals surface area contributed by atoms with E-state index in [1.165, 1.54) is 0 Å². The molecule has 3 aromatic heterocycles. The Balaban J connectivity index is 1.34. The lowest BCUT2D eigenvalue weighted by molar-refractivity contribution is 0.0953. The third-order valence-electron chi connectivity index (χ3n) is 4.23. The van der Waals surface area contributed by atoms with E-state index >= 15 is 0 Å². The first-order valence-electron chi connectivity index (χ1n) is 8.30. The number of amides is 1. The fourth-order valence-electron chi connectivity index (χ4n) is 2.86. The number of H-pyrrole nitrogens is 1. The smallest absolute Gasteiger partial charge is 0.252 e. The van der Waals surface area contributed by atoms with E-state index < -0.39 is 0 Å². The summed E-state index contributed by atoms with van der Waals surface area (Å²) in [6.07, 6.45) is 4.77. The molecular weight excluding hydrogens is 352 g/mol. The van der Waals surface area contributed by atoms with E-state index in [4.69, 9.17) is 11.6 Å². The minimum Gasteiger partial charge on any atom is -0.352 e. The summed E-state index contributed by atoms with van der Waals surface area (Å²) in [6, 6.07) is 7.37. The Morgan fingerprint density at radius 1 is 1.27 bits per heavy atom. The van der Waals surface area contributed by atoms with Gasteiger partial charge in [0.1, 0.15) is 11.3 Å². The van der Waals surface area contributed by atoms with Gasteiger partial charge in [-0.15, -0.1) is 0 Å². The van der Waals surface area contributed by atoms with Crippen LogP contribution < -0.4 is 5.32 Å². The maximum Gasteiger partial charge on any atom is 0.252 e. The molecule has 0 fully saturated rings. The molecule has 0 saturated heterocycles. The zero-order valence-electron chi connectivity index (χ0n) is 14.2. The van der Waals surface area contributed by atoms with Crippen LogP contribution in [-0.4, -0.2) is 37.2 Å². The number of aryl methyl sites for hydroxylation is 2. The molecule has 0 aliphatic carbocycles. The molecule has 3 heterocycles. The summed E-state index contributed by atoms with van der Waals surface area (Å²) in [5.74, 6) is 0.742. The van der Waals surface area contributed by atoms with Crippen molar-refractivity contribution >= 4 is 39.6 Å². The van der Waals surface area contributed by atoms with Gasteiger partial charge in [0.2, 0.25) is 0 Å². The molecule has 0 aliphatic heterocycles. The Kier molecular flexibility index (Phi) is 4.30. The minimum absolute atomic E-state index is 0.142. The summed E-state index contributed by atoms with van der Waals surface area (Å²) in [5.41, 5.74) is 3.95. The molecule has 1 amide bonds. The maximum absolute atomic E-state index is 12.3. The molecule has 26 heavy (non-hydrogen) atoms. The van der Waals surface area contributed by atoms with Crippen molar-refractivity contribution in [2.24, 2.45) is 7.05 Å². The topological polar surface area (TPSA) is 88.5 Å². The maximum atomic E-state index is 12.3. The second-order valence-electron chi connectivity index (χ2n) is 6.10. The van der Waals surface area contributed by atoms with E-state index in [2.05, 4.69) is 25.4 Å². The highest BCUT2D eigenvalue weighted by atomic mass is 35.5. The number of fused-ring (bicyclic) bond motifs is 2. The van der Waals surface area contributed by atoms with Crippen LogP contribution >= 0.6 is 11.6 Å². The minimum atomic E-state index is -0.142. The number of aromatic amines is 1. The van der Waals surface area contributed by atoms with E-state index in [-0.39, 0.29) is 5.91 Å². The zero-order chi connectivity index (χ0) is 18.1. The lowest BCUT2D eigenvalue weighted by atomic mass is 10.2. The summed E-state index contributed by atoms with van der Waals surface area (Å²) in [7, 11) is 1.83. The number of hydrogen-bond acceptors (Lipinski definition) is 4. The van der Waals surface area contributed by atoms with Crippen molar-refractivity contribution < 1.29 is 4.79 Å². The van der Waals surface area contributed by atoms with Gasteiger partial charge in [0, 0.05) is 31.2 Å². The van der Waals surface area contributed by atoms with Crippen LogP contribution in [0, 0.1) is 0 Å². The molecule has 0 unspecified atom stereocenters. The second kappa shape index (κ2) is 6.76. The van der Waals surface area contributed by atoms with Gasteiger partial charge in [0.15, 0.2) is 0 Å². The monoisotopic (exact) mass is 368 g/mol. The molecule has 0 saturated carbocycles. The third kappa shape index (κ3) is 3.25. The lowest BCUT2D eigenvalue weighted by Crippen LogP contribution is -2.25. The third-order valence-corrected chi connectivity index (χ3v) is 4.47. The number of carbonyl (C=O) groups is 1. The van der Waals surface area contributed by atoms with Crippen LogP contribution in [0.5, 0.6) is 0 Å². The highest BCUT2D eigenvalue weighted by Gasteiger charge is 2.09. The van der Waals surface area contributed by atoms with E-state index in [1.807, 2.05) is 25.2 Å². The van der Waals surface area contributed by atoms with Crippen LogP contribution in [0.1, 0.15) is 22.6 Å². The molecule has 0 aliphatic rings. The SMILES string of the molecule is Cn1ncc2ncc(C(=O)NCCCc3nc4ccc(Cl)cc4[nH]3)cc21. The predicted octanol–water partition coefficient (Wildman–Crippen LogP) is 2.86. The van der Waals surface area contributed by atoms with Gasteiger partial charge in [-0.2, -0.15) is 5.10 Å². The van der Waals surface area contributed by atoms with Crippen molar-refractivity contribution in [1.29, 1.82) is 0 Å². The van der Waals surface area contributed by atoms with Gasteiger partial charge in [-0.05, 0) is 30.7 Å². The van der Waals surface area contributed by atoms with Crippen LogP contribution in [-0.2, 0) is 13.5 Å². The van der Waals surface area contributed by atoms with Crippen molar-refractivity contribution in [1.82, 2.24) is 30.0 Å². The number of nitrogens with one attached hydrogen (secondary N) is 2. The Hall–Kier alpha value is -2.93. The van der Waals surface area contributed by atoms with Gasteiger partial charge in [-0.25, -0.2) is 4.98 Å². The first-order chi connectivity index (χ1) is 12.6. The number of hydrogen-bond donors (Lipinski definition) is 2. The van der Waals surface area contributed by atoms with Gasteiger partial charge >= 0.3 is 0 Å². The first kappa shape index (κ1) is 16.5. The van der Waals surface area contributed by atoms with Crippen LogP contribution in [0.2, 0.25) is 5.02 Å². The molecular formula is C18H17ClN6O. The summed E-state index contributed by atoms with van der Waals surface area (Å²) < 4.78 is 1.70. The summed E-state index contributed by atoms with van der Waals surface area (Å²) in [6.45, 7) is 0.556. The number of imidazole rings is 1. The molecule has 2 N–H and O–H groups in total. The number of rotatable bonds is 5. The van der Waals surface area contributed by atoms with Crippen molar-refractivity contribution in [3.63, 3.8) is 0 Å². The van der Waals surface area contributed by atoms with E-state index in [0.29, 0.717) is 17.1 Å². The summed E-state index contributed by atoms with van der Waals surface area (Å²) in [4.78, 5) is 24.3. The van der Waals surface area contributed by atoms with E-state index in [0.717, 1.165) is 40.7 Å². The Labute approximate surface area is 154 Å². The standard InChI is InChI=1S/C18H17ClN6O/c1-25-16-7-11(9-21-15(16)10-22-25)18(26)20-6-2-3-17-23-13-5-4-12(19)8-14(13)24-17/h4-5,7-10H,2-3,6H2,1H3,(H,20,26)(H,23,24). The van der Waals surface area contributed by atoms with E-state index in [1.54, 1.807) is 23.1 Å². The molecule has 0 bridgehead atoms. The predicted molar refractivity (Wildman–Crippen MR) is 100 cm³/mol. The van der Waals surface area contributed by atoms with Crippen molar-refractivity contribution in [3.05, 3.63) is 53.1 Å². The molecule has 0 spiro atoms. The number of halogens is 1. The Morgan fingerprint density at radius 3 is 3.04 bits per heavy atom. The largest absolute Gasteiger partial charge is 0.352 e. The molecule has 0 atom stereocenters. The average Bonchev–Trinajstić information content (AvgIpc) is 3.21. The highest BCUT2D eigenvalue weighted by Crippen LogP contribution is 2.17. The number of aromatic nitrogens is 5. The number of benzene rings is 1. The van der Waals surface area contributed by atoms with Crippen LogP contribution in [0.15, 0.2) is 36.7 Å². The van der Waals surface area contributed by atoms with Gasteiger partial charge in [0.25, 0.3) is 5.91 Å². The molecule has 4 rings (SSSR count). The van der Waals surface area contributed by atoms with Gasteiger partial charge in [0.05, 0.1) is 28.3 Å². The van der Waals surface area contributed by atoms with Gasteiger partial charge < -0.3 is 10.3 Å². The van der Waals surface area contributed by atoms with Crippen molar-refractivity contribution in [2.75, 3.05) is 6.54 Å². The van der Waals surface area contributed by atoms with Crippen LogP contribution in [0.25, 0.3) is 22.1 Å².